The third-order valence-corrected chi connectivity index (χ3v) is 5.01. The molecule has 0 heterocycles. The van der Waals surface area contributed by atoms with Gasteiger partial charge in [-0.1, -0.05) is 65.0 Å². The molecule has 16 heavy (non-hydrogen) atoms. The molecule has 1 rings (SSSR count). The first-order valence-electron chi connectivity index (χ1n) is 5.35. The summed E-state index contributed by atoms with van der Waals surface area (Å²) in [6.45, 7) is 7.59. The van der Waals surface area contributed by atoms with Crippen molar-refractivity contribution < 1.29 is 4.79 Å². The van der Waals surface area contributed by atoms with E-state index in [2.05, 4.69) is 65.2 Å². The SMILES string of the molecule is C[Si](C)(C)c1ccc(CNC(=O)CBr)cc1. The summed E-state index contributed by atoms with van der Waals surface area (Å²) in [7, 11) is -1.20. The van der Waals surface area contributed by atoms with Crippen molar-refractivity contribution in [3.05, 3.63) is 29.8 Å². The lowest BCUT2D eigenvalue weighted by Crippen LogP contribution is -2.37. The highest BCUT2D eigenvalue weighted by Crippen LogP contribution is 2.04. The highest BCUT2D eigenvalue weighted by molar-refractivity contribution is 9.09. The van der Waals surface area contributed by atoms with Crippen LogP contribution in [0.15, 0.2) is 24.3 Å². The minimum absolute atomic E-state index is 0.0225. The molecule has 0 aliphatic heterocycles. The molecule has 0 bridgehead atoms. The Kier molecular flexibility index (Phi) is 4.74. The summed E-state index contributed by atoms with van der Waals surface area (Å²) in [5.74, 6) is 0.0225. The van der Waals surface area contributed by atoms with E-state index in [1.54, 1.807) is 0 Å². The fourth-order valence-electron chi connectivity index (χ4n) is 1.37. The van der Waals surface area contributed by atoms with Gasteiger partial charge in [-0.15, -0.1) is 0 Å². The topological polar surface area (TPSA) is 29.1 Å². The predicted octanol–water partition coefficient (Wildman–Crippen LogP) is 2.24. The highest BCUT2D eigenvalue weighted by Gasteiger charge is 2.15. The van der Waals surface area contributed by atoms with Crippen molar-refractivity contribution in [1.29, 1.82) is 0 Å². The summed E-state index contributed by atoms with van der Waals surface area (Å²) in [4.78, 5) is 11.1. The van der Waals surface area contributed by atoms with Crippen LogP contribution in [0.2, 0.25) is 19.6 Å². The Bertz CT molecular complexity index is 356. The lowest BCUT2D eigenvalue weighted by molar-refractivity contribution is -0.118. The van der Waals surface area contributed by atoms with Crippen LogP contribution < -0.4 is 10.5 Å². The second-order valence-corrected chi connectivity index (χ2v) is 10.5. The summed E-state index contributed by atoms with van der Waals surface area (Å²) in [5.41, 5.74) is 1.15. The van der Waals surface area contributed by atoms with Crippen LogP contribution in [0.3, 0.4) is 0 Å². The Hall–Kier alpha value is -0.613. The van der Waals surface area contributed by atoms with Crippen molar-refractivity contribution >= 4 is 35.1 Å². The molecule has 1 amide bonds. The van der Waals surface area contributed by atoms with E-state index in [1.807, 2.05) is 0 Å². The standard InChI is InChI=1S/C12H18BrNOSi/c1-16(2,3)11-6-4-10(5-7-11)9-14-12(15)8-13/h4-7H,8-9H2,1-3H3,(H,14,15). The number of amides is 1. The molecule has 0 saturated heterocycles. The number of nitrogens with one attached hydrogen (secondary N) is 1. The zero-order chi connectivity index (χ0) is 12.2. The van der Waals surface area contributed by atoms with E-state index in [9.17, 15) is 4.79 Å². The first-order valence-corrected chi connectivity index (χ1v) is 9.97. The van der Waals surface area contributed by atoms with Crippen molar-refractivity contribution in [2.24, 2.45) is 0 Å². The fourth-order valence-corrected chi connectivity index (χ4v) is 2.74. The number of benzene rings is 1. The van der Waals surface area contributed by atoms with Crippen LogP contribution in [0.5, 0.6) is 0 Å². The number of hydrogen-bond acceptors (Lipinski definition) is 1. The van der Waals surface area contributed by atoms with Gasteiger partial charge in [0, 0.05) is 6.54 Å². The predicted molar refractivity (Wildman–Crippen MR) is 75.1 cm³/mol. The van der Waals surface area contributed by atoms with Crippen LogP contribution in [0.25, 0.3) is 0 Å². The number of alkyl halides is 1. The summed E-state index contributed by atoms with van der Waals surface area (Å²) in [6, 6.07) is 8.56. The molecule has 4 heteroatoms. The molecular weight excluding hydrogens is 282 g/mol. The molecule has 1 aromatic carbocycles. The van der Waals surface area contributed by atoms with E-state index < -0.39 is 8.07 Å². The average Bonchev–Trinajstić information content (AvgIpc) is 2.25. The van der Waals surface area contributed by atoms with Crippen molar-refractivity contribution in [3.8, 4) is 0 Å². The third kappa shape index (κ3) is 4.10. The number of hydrogen-bond donors (Lipinski definition) is 1. The lowest BCUT2D eigenvalue weighted by atomic mass is 10.2. The van der Waals surface area contributed by atoms with Crippen LogP contribution >= 0.6 is 15.9 Å². The van der Waals surface area contributed by atoms with Crippen molar-refractivity contribution in [3.63, 3.8) is 0 Å². The average molecular weight is 300 g/mol. The highest BCUT2D eigenvalue weighted by atomic mass is 79.9. The van der Waals surface area contributed by atoms with Gasteiger partial charge in [0.05, 0.1) is 13.4 Å². The molecule has 1 N–H and O–H groups in total. The van der Waals surface area contributed by atoms with Gasteiger partial charge in [0.25, 0.3) is 0 Å². The van der Waals surface area contributed by atoms with E-state index in [1.165, 1.54) is 5.19 Å². The summed E-state index contributed by atoms with van der Waals surface area (Å²) < 4.78 is 0. The van der Waals surface area contributed by atoms with Gasteiger partial charge in [-0.05, 0) is 5.56 Å². The van der Waals surface area contributed by atoms with E-state index >= 15 is 0 Å². The largest absolute Gasteiger partial charge is 0.351 e. The van der Waals surface area contributed by atoms with Gasteiger partial charge < -0.3 is 5.32 Å². The summed E-state index contributed by atoms with van der Waals surface area (Å²) in [6.07, 6.45) is 0. The van der Waals surface area contributed by atoms with E-state index in [0.717, 1.165) is 5.56 Å². The zero-order valence-corrected chi connectivity index (χ0v) is 12.6. The second kappa shape index (κ2) is 5.64. The molecule has 0 saturated carbocycles. The summed E-state index contributed by atoms with van der Waals surface area (Å²) >= 11 is 3.12. The third-order valence-electron chi connectivity index (χ3n) is 2.43. The molecule has 88 valence electrons. The van der Waals surface area contributed by atoms with Crippen molar-refractivity contribution in [2.45, 2.75) is 26.2 Å². The molecule has 0 aromatic heterocycles. The Morgan fingerprint density at radius 3 is 2.25 bits per heavy atom. The molecule has 0 spiro atoms. The lowest BCUT2D eigenvalue weighted by Gasteiger charge is -2.16. The summed E-state index contributed by atoms with van der Waals surface area (Å²) in [5, 5.41) is 4.64. The van der Waals surface area contributed by atoms with Crippen LogP contribution in [-0.2, 0) is 11.3 Å². The van der Waals surface area contributed by atoms with E-state index in [4.69, 9.17) is 0 Å². The maximum Gasteiger partial charge on any atom is 0.230 e. The van der Waals surface area contributed by atoms with Crippen LogP contribution in [0, 0.1) is 0 Å². The zero-order valence-electron chi connectivity index (χ0n) is 10.0. The van der Waals surface area contributed by atoms with Gasteiger partial charge in [-0.25, -0.2) is 0 Å². The minimum Gasteiger partial charge on any atom is -0.351 e. The molecule has 1 aromatic rings. The minimum atomic E-state index is -1.20. The Morgan fingerprint density at radius 2 is 1.81 bits per heavy atom. The molecule has 2 nitrogen and oxygen atoms in total. The molecule has 0 radical (unpaired) electrons. The van der Waals surface area contributed by atoms with Gasteiger partial charge >= 0.3 is 0 Å². The van der Waals surface area contributed by atoms with Gasteiger partial charge in [0.15, 0.2) is 0 Å². The van der Waals surface area contributed by atoms with Gasteiger partial charge in [-0.2, -0.15) is 0 Å². The Morgan fingerprint density at radius 1 is 1.25 bits per heavy atom. The van der Waals surface area contributed by atoms with Crippen LogP contribution in [0.4, 0.5) is 0 Å². The number of halogens is 1. The molecule has 0 atom stereocenters. The van der Waals surface area contributed by atoms with Gasteiger partial charge in [0.2, 0.25) is 5.91 Å². The number of carbonyl (C=O) groups is 1. The maximum absolute atomic E-state index is 11.1. The smallest absolute Gasteiger partial charge is 0.230 e. The van der Waals surface area contributed by atoms with Gasteiger partial charge in [-0.3, -0.25) is 4.79 Å². The van der Waals surface area contributed by atoms with Crippen LogP contribution in [0.1, 0.15) is 5.56 Å². The number of rotatable bonds is 4. The maximum atomic E-state index is 11.1. The normalized spacial score (nSPS) is 11.2. The molecular formula is C12H18BrNOSi. The molecule has 0 fully saturated rings. The van der Waals surface area contributed by atoms with Crippen LogP contribution in [-0.4, -0.2) is 19.3 Å². The quantitative estimate of drug-likeness (QED) is 0.670. The fraction of sp³-hybridized carbons (Fsp3) is 0.417. The van der Waals surface area contributed by atoms with E-state index in [-0.39, 0.29) is 5.91 Å². The van der Waals surface area contributed by atoms with Gasteiger partial charge in [0.1, 0.15) is 0 Å². The monoisotopic (exact) mass is 299 g/mol. The van der Waals surface area contributed by atoms with Crippen molar-refractivity contribution in [1.82, 2.24) is 5.32 Å². The van der Waals surface area contributed by atoms with E-state index in [0.29, 0.717) is 11.9 Å². The first kappa shape index (κ1) is 13.5. The van der Waals surface area contributed by atoms with Crippen molar-refractivity contribution in [2.75, 3.05) is 5.33 Å². The Balaban J connectivity index is 2.62. The Labute approximate surface area is 107 Å². The molecule has 0 aliphatic rings. The molecule has 0 unspecified atom stereocenters. The first-order chi connectivity index (χ1) is 7.43. The number of carbonyl (C=O) groups excluding carboxylic acids is 1. The molecule has 0 aliphatic carbocycles. The second-order valence-electron chi connectivity index (χ2n) is 4.86.